The van der Waals surface area contributed by atoms with Gasteiger partial charge in [-0.15, -0.1) is 0 Å². The number of furan rings is 1. The molecule has 0 aliphatic rings. The van der Waals surface area contributed by atoms with Crippen molar-refractivity contribution in [2.24, 2.45) is 0 Å². The fourth-order valence-electron chi connectivity index (χ4n) is 2.83. The summed E-state index contributed by atoms with van der Waals surface area (Å²) in [5, 5.41) is 9.82. The monoisotopic (exact) mass is 375 g/mol. The van der Waals surface area contributed by atoms with Gasteiger partial charge >= 0.3 is 0 Å². The number of ether oxygens (including phenoxy) is 1. The molecule has 0 radical (unpaired) electrons. The highest BCUT2D eigenvalue weighted by molar-refractivity contribution is 5.93. The number of hydrogen-bond acceptors (Lipinski definition) is 6. The molecule has 0 unspecified atom stereocenters. The van der Waals surface area contributed by atoms with Crippen LogP contribution in [0.3, 0.4) is 0 Å². The zero-order valence-corrected chi connectivity index (χ0v) is 15.0. The van der Waals surface area contributed by atoms with Crippen LogP contribution in [0.5, 0.6) is 5.75 Å². The van der Waals surface area contributed by atoms with Crippen molar-refractivity contribution in [3.8, 4) is 28.3 Å². The van der Waals surface area contributed by atoms with E-state index in [0.717, 1.165) is 11.1 Å². The van der Waals surface area contributed by atoms with E-state index in [0.29, 0.717) is 28.5 Å². The quantitative estimate of drug-likeness (QED) is 0.536. The Bertz CT molecular complexity index is 1090. The number of hydrogen-bond donors (Lipinski definition) is 2. The Labute approximate surface area is 160 Å². The van der Waals surface area contributed by atoms with Crippen molar-refractivity contribution >= 4 is 5.91 Å². The lowest BCUT2D eigenvalue weighted by Gasteiger charge is -2.07. The van der Waals surface area contributed by atoms with Crippen LogP contribution in [0.1, 0.15) is 16.2 Å². The molecule has 4 rings (SSSR count). The average Bonchev–Trinajstić information content (AvgIpc) is 3.44. The Morgan fingerprint density at radius 1 is 1.21 bits per heavy atom. The first-order valence-corrected chi connectivity index (χ1v) is 8.55. The van der Waals surface area contributed by atoms with E-state index in [1.54, 1.807) is 44.2 Å². The van der Waals surface area contributed by atoms with E-state index in [9.17, 15) is 4.79 Å². The van der Waals surface area contributed by atoms with Crippen molar-refractivity contribution in [3.63, 3.8) is 0 Å². The second-order valence-electron chi connectivity index (χ2n) is 5.91. The molecule has 0 fully saturated rings. The smallest absolute Gasteiger partial charge is 0.269 e. The van der Waals surface area contributed by atoms with Crippen LogP contribution in [0.25, 0.3) is 22.5 Å². The number of nitrogens with one attached hydrogen (secondary N) is 2. The highest BCUT2D eigenvalue weighted by Crippen LogP contribution is 2.28. The van der Waals surface area contributed by atoms with E-state index in [4.69, 9.17) is 9.15 Å². The van der Waals surface area contributed by atoms with Crippen LogP contribution in [-0.2, 0) is 6.54 Å². The van der Waals surface area contributed by atoms with Gasteiger partial charge in [-0.3, -0.25) is 19.9 Å². The highest BCUT2D eigenvalue weighted by atomic mass is 16.5. The average molecular weight is 375 g/mol. The molecular weight excluding hydrogens is 358 g/mol. The Balaban J connectivity index is 1.50. The molecule has 0 atom stereocenters. The largest absolute Gasteiger partial charge is 0.496 e. The maximum atomic E-state index is 12.5. The maximum absolute atomic E-state index is 12.5. The topological polar surface area (TPSA) is 106 Å². The van der Waals surface area contributed by atoms with Crippen molar-refractivity contribution in [2.75, 3.05) is 7.11 Å². The minimum absolute atomic E-state index is 0.218. The second kappa shape index (κ2) is 7.75. The SMILES string of the molecule is COc1ccccc1-c1cc(C(=O)NCc2nccnc2-c2ccoc2)[nH]n1. The van der Waals surface area contributed by atoms with Gasteiger partial charge in [0.2, 0.25) is 0 Å². The Morgan fingerprint density at radius 2 is 2.07 bits per heavy atom. The number of rotatable bonds is 6. The first-order valence-electron chi connectivity index (χ1n) is 8.55. The summed E-state index contributed by atoms with van der Waals surface area (Å²) in [6.45, 7) is 0.218. The zero-order chi connectivity index (χ0) is 19.3. The van der Waals surface area contributed by atoms with Crippen LogP contribution in [0.4, 0.5) is 0 Å². The molecule has 8 nitrogen and oxygen atoms in total. The van der Waals surface area contributed by atoms with Gasteiger partial charge < -0.3 is 14.5 Å². The summed E-state index contributed by atoms with van der Waals surface area (Å²) >= 11 is 0. The third kappa shape index (κ3) is 3.48. The number of aromatic nitrogens is 4. The van der Waals surface area contributed by atoms with Gasteiger partial charge in [0.15, 0.2) is 0 Å². The van der Waals surface area contributed by atoms with E-state index >= 15 is 0 Å². The molecule has 0 aliphatic heterocycles. The third-order valence-corrected chi connectivity index (χ3v) is 4.19. The molecule has 0 aliphatic carbocycles. The van der Waals surface area contributed by atoms with Crippen LogP contribution in [0, 0.1) is 0 Å². The molecule has 0 saturated carbocycles. The number of nitrogens with zero attached hydrogens (tertiary/aromatic N) is 3. The number of methoxy groups -OCH3 is 1. The minimum Gasteiger partial charge on any atom is -0.496 e. The molecule has 1 amide bonds. The lowest BCUT2D eigenvalue weighted by Crippen LogP contribution is -2.24. The van der Waals surface area contributed by atoms with Crippen LogP contribution in [-0.4, -0.2) is 33.2 Å². The number of carbonyl (C=O) groups is 1. The van der Waals surface area contributed by atoms with Gasteiger partial charge in [0.1, 0.15) is 11.4 Å². The summed E-state index contributed by atoms with van der Waals surface area (Å²) in [7, 11) is 1.59. The molecule has 3 aromatic heterocycles. The van der Waals surface area contributed by atoms with Crippen molar-refractivity contribution in [3.05, 3.63) is 72.7 Å². The summed E-state index contributed by atoms with van der Waals surface area (Å²) in [6, 6.07) is 11.0. The van der Waals surface area contributed by atoms with E-state index < -0.39 is 0 Å². The molecule has 0 spiro atoms. The van der Waals surface area contributed by atoms with E-state index in [-0.39, 0.29) is 12.5 Å². The summed E-state index contributed by atoms with van der Waals surface area (Å²) < 4.78 is 10.4. The van der Waals surface area contributed by atoms with Crippen molar-refractivity contribution < 1.29 is 13.9 Å². The van der Waals surface area contributed by atoms with Gasteiger partial charge in [0.25, 0.3) is 5.91 Å². The molecule has 2 N–H and O–H groups in total. The second-order valence-corrected chi connectivity index (χ2v) is 5.91. The van der Waals surface area contributed by atoms with Crippen LogP contribution in [0.2, 0.25) is 0 Å². The Hall–Kier alpha value is -3.94. The Morgan fingerprint density at radius 3 is 2.89 bits per heavy atom. The van der Waals surface area contributed by atoms with E-state index in [2.05, 4.69) is 25.5 Å². The fraction of sp³-hybridized carbons (Fsp3) is 0.100. The van der Waals surface area contributed by atoms with Gasteiger partial charge in [0, 0.05) is 23.5 Å². The number of benzene rings is 1. The lowest BCUT2D eigenvalue weighted by atomic mass is 10.1. The molecule has 0 bridgehead atoms. The summed E-state index contributed by atoms with van der Waals surface area (Å²) in [6.07, 6.45) is 6.34. The fourth-order valence-corrected chi connectivity index (χ4v) is 2.83. The number of amides is 1. The first-order chi connectivity index (χ1) is 13.8. The lowest BCUT2D eigenvalue weighted by molar-refractivity contribution is 0.0945. The van der Waals surface area contributed by atoms with Crippen LogP contribution in [0.15, 0.2) is 65.7 Å². The normalized spacial score (nSPS) is 10.6. The molecule has 8 heteroatoms. The van der Waals surface area contributed by atoms with Crippen LogP contribution >= 0.6 is 0 Å². The summed E-state index contributed by atoms with van der Waals surface area (Å²) in [5.41, 5.74) is 3.88. The van der Waals surface area contributed by atoms with Crippen molar-refractivity contribution in [2.45, 2.75) is 6.54 Å². The number of para-hydroxylation sites is 1. The molecule has 0 saturated heterocycles. The predicted octanol–water partition coefficient (Wildman–Crippen LogP) is 3.07. The molecule has 28 heavy (non-hydrogen) atoms. The van der Waals surface area contributed by atoms with E-state index in [1.165, 1.54) is 0 Å². The van der Waals surface area contributed by atoms with Gasteiger partial charge in [-0.2, -0.15) is 5.10 Å². The summed E-state index contributed by atoms with van der Waals surface area (Å²) in [4.78, 5) is 21.2. The molecule has 140 valence electrons. The van der Waals surface area contributed by atoms with Gasteiger partial charge in [-0.25, -0.2) is 0 Å². The zero-order valence-electron chi connectivity index (χ0n) is 15.0. The van der Waals surface area contributed by atoms with Gasteiger partial charge in [-0.05, 0) is 24.3 Å². The number of H-pyrrole nitrogens is 1. The number of carbonyl (C=O) groups excluding carboxylic acids is 1. The third-order valence-electron chi connectivity index (χ3n) is 4.19. The molecule has 3 heterocycles. The summed E-state index contributed by atoms with van der Waals surface area (Å²) in [5.74, 6) is 0.391. The molecular formula is C20H17N5O3. The highest BCUT2D eigenvalue weighted by Gasteiger charge is 2.15. The van der Waals surface area contributed by atoms with E-state index in [1.807, 2.05) is 24.3 Å². The molecule has 1 aromatic carbocycles. The van der Waals surface area contributed by atoms with Crippen molar-refractivity contribution in [1.82, 2.24) is 25.5 Å². The standard InChI is InChI=1S/C20H17N5O3/c1-27-18-5-3-2-4-14(18)15-10-16(25-24-15)20(26)23-11-17-19(22-8-7-21-17)13-6-9-28-12-13/h2-10,12H,11H2,1H3,(H,23,26)(H,24,25). The predicted molar refractivity (Wildman–Crippen MR) is 101 cm³/mol. The Kier molecular flexibility index (Phi) is 4.83. The maximum Gasteiger partial charge on any atom is 0.269 e. The number of aromatic amines is 1. The first kappa shape index (κ1) is 17.5. The van der Waals surface area contributed by atoms with Crippen molar-refractivity contribution in [1.29, 1.82) is 0 Å². The molecule has 4 aromatic rings. The van der Waals surface area contributed by atoms with Gasteiger partial charge in [0.05, 0.1) is 43.3 Å². The minimum atomic E-state index is -0.294. The van der Waals surface area contributed by atoms with Crippen LogP contribution < -0.4 is 10.1 Å². The van der Waals surface area contributed by atoms with Gasteiger partial charge in [-0.1, -0.05) is 12.1 Å².